The molecular formula is C15H26N2O3. The van der Waals surface area contributed by atoms with Gasteiger partial charge in [0.05, 0.1) is 5.92 Å². The third kappa shape index (κ3) is 4.39. The Balaban J connectivity index is 1.68. The fourth-order valence-corrected chi connectivity index (χ4v) is 3.24. The number of carbonyl (C=O) groups is 2. The van der Waals surface area contributed by atoms with E-state index >= 15 is 0 Å². The maximum atomic E-state index is 12.1. The molecule has 5 nitrogen and oxygen atoms in total. The Kier molecular flexibility index (Phi) is 5.68. The SMILES string of the molecule is O=C(O)C1CCN(C(=O)NCC2CCCCCC2)CC1. The summed E-state index contributed by atoms with van der Waals surface area (Å²) in [4.78, 5) is 24.7. The Morgan fingerprint density at radius 3 is 2.15 bits per heavy atom. The largest absolute Gasteiger partial charge is 0.481 e. The summed E-state index contributed by atoms with van der Waals surface area (Å²) in [6, 6.07) is -0.0157. The van der Waals surface area contributed by atoms with Gasteiger partial charge in [0.25, 0.3) is 0 Å². The van der Waals surface area contributed by atoms with E-state index in [1.165, 1.54) is 38.5 Å². The summed E-state index contributed by atoms with van der Waals surface area (Å²) in [6.45, 7) is 1.90. The summed E-state index contributed by atoms with van der Waals surface area (Å²) >= 11 is 0. The van der Waals surface area contributed by atoms with Crippen molar-refractivity contribution in [1.29, 1.82) is 0 Å². The molecule has 1 saturated heterocycles. The van der Waals surface area contributed by atoms with Crippen molar-refractivity contribution in [3.05, 3.63) is 0 Å². The second-order valence-corrected chi connectivity index (χ2v) is 6.14. The molecule has 1 aliphatic heterocycles. The van der Waals surface area contributed by atoms with Gasteiger partial charge in [0.1, 0.15) is 0 Å². The van der Waals surface area contributed by atoms with Gasteiger partial charge in [-0.3, -0.25) is 4.79 Å². The van der Waals surface area contributed by atoms with Crippen LogP contribution in [0.2, 0.25) is 0 Å². The smallest absolute Gasteiger partial charge is 0.317 e. The first-order valence-electron chi connectivity index (χ1n) is 7.92. The van der Waals surface area contributed by atoms with Crippen LogP contribution in [-0.4, -0.2) is 41.6 Å². The van der Waals surface area contributed by atoms with Crippen LogP contribution in [0.15, 0.2) is 0 Å². The predicted octanol–water partition coefficient (Wildman–Crippen LogP) is 2.46. The van der Waals surface area contributed by atoms with Gasteiger partial charge in [-0.2, -0.15) is 0 Å². The molecule has 1 saturated carbocycles. The molecule has 0 aromatic heterocycles. The van der Waals surface area contributed by atoms with E-state index in [0.29, 0.717) is 31.8 Å². The summed E-state index contributed by atoms with van der Waals surface area (Å²) in [6.07, 6.45) is 8.82. The number of hydrogen-bond acceptors (Lipinski definition) is 2. The molecule has 0 unspecified atom stereocenters. The van der Waals surface area contributed by atoms with Gasteiger partial charge in [-0.1, -0.05) is 25.7 Å². The average Bonchev–Trinajstić information content (AvgIpc) is 2.73. The van der Waals surface area contributed by atoms with Crippen LogP contribution in [0.1, 0.15) is 51.4 Å². The lowest BCUT2D eigenvalue weighted by atomic mass is 9.97. The minimum Gasteiger partial charge on any atom is -0.481 e. The molecule has 2 rings (SSSR count). The number of carboxylic acid groups (broad SMARTS) is 1. The summed E-state index contributed by atoms with van der Waals surface area (Å²) in [5, 5.41) is 12.0. The lowest BCUT2D eigenvalue weighted by Gasteiger charge is -2.30. The van der Waals surface area contributed by atoms with E-state index < -0.39 is 5.97 Å². The van der Waals surface area contributed by atoms with E-state index in [-0.39, 0.29) is 11.9 Å². The lowest BCUT2D eigenvalue weighted by Crippen LogP contribution is -2.46. The van der Waals surface area contributed by atoms with Crippen molar-refractivity contribution >= 4 is 12.0 Å². The van der Waals surface area contributed by atoms with E-state index in [0.717, 1.165) is 6.54 Å². The normalized spacial score (nSPS) is 22.3. The molecule has 0 bridgehead atoms. The van der Waals surface area contributed by atoms with Crippen molar-refractivity contribution < 1.29 is 14.7 Å². The van der Waals surface area contributed by atoms with Crippen LogP contribution >= 0.6 is 0 Å². The van der Waals surface area contributed by atoms with Gasteiger partial charge in [-0.25, -0.2) is 4.79 Å². The highest BCUT2D eigenvalue weighted by molar-refractivity contribution is 5.75. The summed E-state index contributed by atoms with van der Waals surface area (Å²) in [5.74, 6) is -0.387. The molecule has 114 valence electrons. The number of carbonyl (C=O) groups excluding carboxylic acids is 1. The predicted molar refractivity (Wildman–Crippen MR) is 76.5 cm³/mol. The fraction of sp³-hybridized carbons (Fsp3) is 0.867. The molecule has 0 atom stereocenters. The highest BCUT2D eigenvalue weighted by Gasteiger charge is 2.27. The van der Waals surface area contributed by atoms with E-state index in [1.807, 2.05) is 0 Å². The van der Waals surface area contributed by atoms with Crippen LogP contribution in [0.3, 0.4) is 0 Å². The number of rotatable bonds is 3. The summed E-state index contributed by atoms with van der Waals surface area (Å²) in [7, 11) is 0. The zero-order valence-corrected chi connectivity index (χ0v) is 12.1. The number of aliphatic carboxylic acids is 1. The lowest BCUT2D eigenvalue weighted by molar-refractivity contribution is -0.143. The van der Waals surface area contributed by atoms with E-state index in [1.54, 1.807) is 4.90 Å². The molecule has 2 aliphatic rings. The van der Waals surface area contributed by atoms with E-state index in [4.69, 9.17) is 5.11 Å². The topological polar surface area (TPSA) is 69.6 Å². The fourth-order valence-electron chi connectivity index (χ4n) is 3.24. The van der Waals surface area contributed by atoms with Crippen LogP contribution in [0.25, 0.3) is 0 Å². The number of piperidine rings is 1. The number of urea groups is 1. The number of likely N-dealkylation sites (tertiary alicyclic amines) is 1. The number of nitrogens with zero attached hydrogens (tertiary/aromatic N) is 1. The van der Waals surface area contributed by atoms with Crippen molar-refractivity contribution in [2.45, 2.75) is 51.4 Å². The first-order chi connectivity index (χ1) is 9.66. The van der Waals surface area contributed by atoms with Crippen molar-refractivity contribution in [1.82, 2.24) is 10.2 Å². The van der Waals surface area contributed by atoms with Gasteiger partial charge in [-0.05, 0) is 31.6 Å². The second-order valence-electron chi connectivity index (χ2n) is 6.14. The summed E-state index contributed by atoms with van der Waals surface area (Å²) in [5.41, 5.74) is 0. The van der Waals surface area contributed by atoms with Gasteiger partial charge in [0.15, 0.2) is 0 Å². The molecule has 0 aromatic rings. The number of carboxylic acids is 1. The number of hydrogen-bond donors (Lipinski definition) is 2. The van der Waals surface area contributed by atoms with Crippen molar-refractivity contribution in [3.63, 3.8) is 0 Å². The number of amides is 2. The molecule has 0 radical (unpaired) electrons. The van der Waals surface area contributed by atoms with E-state index in [9.17, 15) is 9.59 Å². The van der Waals surface area contributed by atoms with Crippen LogP contribution in [-0.2, 0) is 4.79 Å². The Morgan fingerprint density at radius 1 is 1.00 bits per heavy atom. The number of nitrogens with one attached hydrogen (secondary N) is 1. The maximum Gasteiger partial charge on any atom is 0.317 e. The van der Waals surface area contributed by atoms with Gasteiger partial charge in [0.2, 0.25) is 0 Å². The average molecular weight is 282 g/mol. The molecule has 0 spiro atoms. The third-order valence-electron chi connectivity index (χ3n) is 4.65. The molecule has 2 amide bonds. The van der Waals surface area contributed by atoms with Crippen molar-refractivity contribution in [2.24, 2.45) is 11.8 Å². The van der Waals surface area contributed by atoms with Crippen LogP contribution < -0.4 is 5.32 Å². The molecule has 5 heteroatoms. The molecular weight excluding hydrogens is 256 g/mol. The van der Waals surface area contributed by atoms with Gasteiger partial charge >= 0.3 is 12.0 Å². The summed E-state index contributed by atoms with van der Waals surface area (Å²) < 4.78 is 0. The van der Waals surface area contributed by atoms with E-state index in [2.05, 4.69) is 5.32 Å². The third-order valence-corrected chi connectivity index (χ3v) is 4.65. The minimum absolute atomic E-state index is 0.0157. The quantitative estimate of drug-likeness (QED) is 0.781. The first-order valence-corrected chi connectivity index (χ1v) is 7.92. The highest BCUT2D eigenvalue weighted by Crippen LogP contribution is 2.22. The Bertz CT molecular complexity index is 330. The molecule has 0 aromatic carbocycles. The van der Waals surface area contributed by atoms with Gasteiger partial charge in [0, 0.05) is 19.6 Å². The molecule has 1 aliphatic carbocycles. The molecule has 2 N–H and O–H groups in total. The van der Waals surface area contributed by atoms with Crippen LogP contribution in [0.5, 0.6) is 0 Å². The standard InChI is InChI=1S/C15H26N2O3/c18-14(19)13-7-9-17(10-8-13)15(20)16-11-12-5-3-1-2-4-6-12/h12-13H,1-11H2,(H,16,20)(H,18,19). The highest BCUT2D eigenvalue weighted by atomic mass is 16.4. The molecule has 2 fully saturated rings. The monoisotopic (exact) mass is 282 g/mol. The van der Waals surface area contributed by atoms with Crippen LogP contribution in [0.4, 0.5) is 4.79 Å². The van der Waals surface area contributed by atoms with Gasteiger partial charge < -0.3 is 15.3 Å². The molecule has 20 heavy (non-hydrogen) atoms. The minimum atomic E-state index is -0.733. The Morgan fingerprint density at radius 2 is 1.60 bits per heavy atom. The zero-order chi connectivity index (χ0) is 14.4. The van der Waals surface area contributed by atoms with Crippen molar-refractivity contribution in [3.8, 4) is 0 Å². The zero-order valence-electron chi connectivity index (χ0n) is 12.1. The maximum absolute atomic E-state index is 12.1. The van der Waals surface area contributed by atoms with Crippen LogP contribution in [0, 0.1) is 11.8 Å². The Hall–Kier alpha value is -1.26. The second kappa shape index (κ2) is 7.50. The van der Waals surface area contributed by atoms with Gasteiger partial charge in [-0.15, -0.1) is 0 Å². The molecule has 1 heterocycles. The first kappa shape index (κ1) is 15.1. The Labute approximate surface area is 120 Å². The van der Waals surface area contributed by atoms with Crippen molar-refractivity contribution in [2.75, 3.05) is 19.6 Å².